The summed E-state index contributed by atoms with van der Waals surface area (Å²) in [5.41, 5.74) is 0.000513. The van der Waals surface area contributed by atoms with Gasteiger partial charge in [0.25, 0.3) is 0 Å². The molecule has 104 valence electrons. The zero-order chi connectivity index (χ0) is 13.1. The minimum absolute atomic E-state index is 0.105. The monoisotopic (exact) mass is 254 g/mol. The summed E-state index contributed by atoms with van der Waals surface area (Å²) >= 11 is 0. The van der Waals surface area contributed by atoms with Gasteiger partial charge in [0, 0.05) is 11.1 Å². The van der Waals surface area contributed by atoms with Crippen molar-refractivity contribution in [2.45, 2.75) is 75.9 Å². The highest BCUT2D eigenvalue weighted by Gasteiger charge is 2.53. The maximum Gasteiger partial charge on any atom is 0.120 e. The van der Waals surface area contributed by atoms with Crippen molar-refractivity contribution in [3.05, 3.63) is 0 Å². The number of nitrogens with one attached hydrogen (secondary N) is 2. The van der Waals surface area contributed by atoms with Crippen LogP contribution in [0.3, 0.4) is 0 Å². The highest BCUT2D eigenvalue weighted by atomic mass is 16.5. The van der Waals surface area contributed by atoms with Crippen LogP contribution in [-0.4, -0.2) is 35.7 Å². The summed E-state index contributed by atoms with van der Waals surface area (Å²) in [7, 11) is 0. The van der Waals surface area contributed by atoms with Gasteiger partial charge in [-0.2, -0.15) is 0 Å². The molecule has 0 bridgehead atoms. The van der Waals surface area contributed by atoms with Crippen LogP contribution in [0.2, 0.25) is 0 Å². The summed E-state index contributed by atoms with van der Waals surface area (Å²) in [6.45, 7) is 10.4. The first kappa shape index (κ1) is 12.9. The molecule has 0 aromatic carbocycles. The summed E-state index contributed by atoms with van der Waals surface area (Å²) in [4.78, 5) is 0. The molecule has 1 saturated carbocycles. The van der Waals surface area contributed by atoms with E-state index in [1.165, 1.54) is 0 Å². The van der Waals surface area contributed by atoms with Gasteiger partial charge in [-0.05, 0) is 53.4 Å². The van der Waals surface area contributed by atoms with E-state index in [1.807, 2.05) is 0 Å². The molecule has 0 amide bonds. The van der Waals surface area contributed by atoms with E-state index < -0.39 is 0 Å². The van der Waals surface area contributed by atoms with Crippen LogP contribution in [0.1, 0.15) is 53.4 Å². The van der Waals surface area contributed by atoms with Gasteiger partial charge in [0.2, 0.25) is 0 Å². The number of hydrogen-bond donors (Lipinski definition) is 2. The highest BCUT2D eigenvalue weighted by Crippen LogP contribution is 2.43. The summed E-state index contributed by atoms with van der Waals surface area (Å²) in [5.74, 6) is 0. The smallest absolute Gasteiger partial charge is 0.120 e. The van der Waals surface area contributed by atoms with Crippen LogP contribution >= 0.6 is 0 Å². The van der Waals surface area contributed by atoms with Crippen molar-refractivity contribution >= 4 is 0 Å². The molecular formula is C14H26N2O2. The van der Waals surface area contributed by atoms with Crippen molar-refractivity contribution in [2.75, 3.05) is 13.2 Å². The second kappa shape index (κ2) is 3.69. The molecule has 1 aliphatic carbocycles. The van der Waals surface area contributed by atoms with Crippen LogP contribution in [-0.2, 0) is 9.47 Å². The van der Waals surface area contributed by atoms with Gasteiger partial charge in [-0.15, -0.1) is 0 Å². The molecule has 18 heavy (non-hydrogen) atoms. The Labute approximate surface area is 110 Å². The van der Waals surface area contributed by atoms with Crippen molar-refractivity contribution in [3.8, 4) is 0 Å². The van der Waals surface area contributed by atoms with Crippen LogP contribution in [0.5, 0.6) is 0 Å². The first-order valence-corrected chi connectivity index (χ1v) is 7.11. The maximum atomic E-state index is 6.06. The van der Waals surface area contributed by atoms with Crippen LogP contribution in [0.15, 0.2) is 0 Å². The topological polar surface area (TPSA) is 42.5 Å². The Bertz CT molecular complexity index is 310. The van der Waals surface area contributed by atoms with E-state index >= 15 is 0 Å². The molecule has 0 unspecified atom stereocenters. The zero-order valence-corrected chi connectivity index (χ0v) is 12.1. The molecular weight excluding hydrogens is 228 g/mol. The standard InChI is InChI=1S/C14H26N2O2/c1-11(2)9-17-13(15-11)5-7-14(8-6-13)16-12(3,4)10-18-14/h15-16H,5-10H2,1-4H3. The second-order valence-corrected chi connectivity index (χ2v) is 7.58. The Morgan fingerprint density at radius 3 is 1.22 bits per heavy atom. The number of rotatable bonds is 0. The van der Waals surface area contributed by atoms with Gasteiger partial charge >= 0.3 is 0 Å². The third kappa shape index (κ3) is 2.20. The van der Waals surface area contributed by atoms with Crippen LogP contribution in [0.4, 0.5) is 0 Å². The average molecular weight is 254 g/mol. The van der Waals surface area contributed by atoms with Crippen molar-refractivity contribution in [1.82, 2.24) is 10.6 Å². The summed E-state index contributed by atoms with van der Waals surface area (Å²) < 4.78 is 12.1. The van der Waals surface area contributed by atoms with Gasteiger partial charge in [-0.25, -0.2) is 0 Å². The maximum absolute atomic E-state index is 6.06. The highest BCUT2D eigenvalue weighted by molar-refractivity contribution is 5.04. The third-order valence-electron chi connectivity index (χ3n) is 4.42. The average Bonchev–Trinajstić information content (AvgIpc) is 2.72. The molecule has 0 atom stereocenters. The van der Waals surface area contributed by atoms with Crippen LogP contribution < -0.4 is 10.6 Å². The molecule has 3 fully saturated rings. The fourth-order valence-corrected chi connectivity index (χ4v) is 3.61. The van der Waals surface area contributed by atoms with Crippen LogP contribution in [0.25, 0.3) is 0 Å². The van der Waals surface area contributed by atoms with E-state index in [1.54, 1.807) is 0 Å². The van der Waals surface area contributed by atoms with Gasteiger partial charge in [-0.3, -0.25) is 10.6 Å². The molecule has 4 heteroatoms. The Kier molecular flexibility index (Phi) is 2.63. The second-order valence-electron chi connectivity index (χ2n) is 7.58. The van der Waals surface area contributed by atoms with Gasteiger partial charge in [-0.1, -0.05) is 0 Å². The minimum atomic E-state index is -0.105. The molecule has 2 saturated heterocycles. The van der Waals surface area contributed by atoms with Crippen molar-refractivity contribution in [2.24, 2.45) is 0 Å². The lowest BCUT2D eigenvalue weighted by Crippen LogP contribution is -2.57. The number of hydrogen-bond acceptors (Lipinski definition) is 4. The molecule has 0 aromatic rings. The molecule has 2 heterocycles. The van der Waals surface area contributed by atoms with E-state index in [-0.39, 0.29) is 22.5 Å². The van der Waals surface area contributed by atoms with E-state index in [4.69, 9.17) is 9.47 Å². The first-order chi connectivity index (χ1) is 8.24. The van der Waals surface area contributed by atoms with Gasteiger partial charge < -0.3 is 9.47 Å². The predicted molar refractivity (Wildman–Crippen MR) is 70.3 cm³/mol. The Hall–Kier alpha value is -0.160. The molecule has 3 aliphatic rings. The van der Waals surface area contributed by atoms with E-state index in [0.717, 1.165) is 38.9 Å². The lowest BCUT2D eigenvalue weighted by molar-refractivity contribution is -0.115. The molecule has 0 radical (unpaired) electrons. The Morgan fingerprint density at radius 1 is 0.667 bits per heavy atom. The van der Waals surface area contributed by atoms with Crippen molar-refractivity contribution in [3.63, 3.8) is 0 Å². The van der Waals surface area contributed by atoms with E-state index in [2.05, 4.69) is 38.3 Å². The summed E-state index contributed by atoms with van der Waals surface area (Å²) in [6.07, 6.45) is 4.11. The predicted octanol–water partition coefficient (Wildman–Crippen LogP) is 1.75. The quantitative estimate of drug-likeness (QED) is 0.691. The number of ether oxygens (including phenoxy) is 2. The fraction of sp³-hybridized carbons (Fsp3) is 1.00. The molecule has 2 N–H and O–H groups in total. The third-order valence-corrected chi connectivity index (χ3v) is 4.42. The largest absolute Gasteiger partial charge is 0.359 e. The Balaban J connectivity index is 1.66. The Morgan fingerprint density at radius 2 is 1.00 bits per heavy atom. The SMILES string of the molecule is CC1(C)COC2(CCC3(CC2)NC(C)(C)CO3)N1. The van der Waals surface area contributed by atoms with Crippen molar-refractivity contribution < 1.29 is 9.47 Å². The zero-order valence-electron chi connectivity index (χ0n) is 12.1. The lowest BCUT2D eigenvalue weighted by atomic mass is 9.84. The normalized spacial score (nSPS) is 46.0. The molecule has 4 nitrogen and oxygen atoms in total. The lowest BCUT2D eigenvalue weighted by Gasteiger charge is -2.43. The minimum Gasteiger partial charge on any atom is -0.359 e. The summed E-state index contributed by atoms with van der Waals surface area (Å²) in [6, 6.07) is 0. The van der Waals surface area contributed by atoms with Gasteiger partial charge in [0.15, 0.2) is 0 Å². The molecule has 3 rings (SSSR count). The molecule has 2 spiro atoms. The molecule has 2 aliphatic heterocycles. The van der Waals surface area contributed by atoms with Gasteiger partial charge in [0.1, 0.15) is 11.4 Å². The summed E-state index contributed by atoms with van der Waals surface area (Å²) in [5, 5.41) is 7.33. The van der Waals surface area contributed by atoms with E-state index in [0.29, 0.717) is 0 Å². The molecule has 0 aromatic heterocycles. The first-order valence-electron chi connectivity index (χ1n) is 7.11. The van der Waals surface area contributed by atoms with Crippen LogP contribution in [0, 0.1) is 0 Å². The fourth-order valence-electron chi connectivity index (χ4n) is 3.61. The van der Waals surface area contributed by atoms with Gasteiger partial charge in [0.05, 0.1) is 13.2 Å². The van der Waals surface area contributed by atoms with Crippen molar-refractivity contribution in [1.29, 1.82) is 0 Å². The van der Waals surface area contributed by atoms with E-state index in [9.17, 15) is 0 Å².